The number of imide groups is 1. The van der Waals surface area contributed by atoms with E-state index >= 15 is 0 Å². The minimum Gasteiger partial charge on any atom is -0.324 e. The van der Waals surface area contributed by atoms with Gasteiger partial charge in [0.1, 0.15) is 10.5 Å². The van der Waals surface area contributed by atoms with Gasteiger partial charge in [-0.05, 0) is 20.8 Å². The smallest absolute Gasteiger partial charge is 0.324 e. The molecule has 1 N–H and O–H groups in total. The maximum Gasteiger partial charge on any atom is 0.325 e. The lowest BCUT2D eigenvalue weighted by molar-refractivity contribution is -0.130. The Labute approximate surface area is 133 Å². The first kappa shape index (κ1) is 14.7. The van der Waals surface area contributed by atoms with E-state index in [0.29, 0.717) is 0 Å². The molecule has 0 bridgehead atoms. The van der Waals surface area contributed by atoms with Crippen molar-refractivity contribution in [1.29, 1.82) is 0 Å². The quantitative estimate of drug-likeness (QED) is 0.886. The Kier molecular flexibility index (Phi) is 3.48. The third-order valence-corrected chi connectivity index (χ3v) is 4.85. The van der Waals surface area contributed by atoms with Crippen LogP contribution in [0.25, 0.3) is 10.6 Å². The van der Waals surface area contributed by atoms with Gasteiger partial charge in [-0.15, -0.1) is 11.3 Å². The Morgan fingerprint density at radius 3 is 2.50 bits per heavy atom. The Morgan fingerprint density at radius 1 is 1.23 bits per heavy atom. The molecular formula is C16H17N3O2S. The van der Waals surface area contributed by atoms with Crippen molar-refractivity contribution in [1.82, 2.24) is 15.2 Å². The maximum atomic E-state index is 12.3. The third kappa shape index (κ3) is 2.50. The lowest BCUT2D eigenvalue weighted by Crippen LogP contribution is -2.40. The van der Waals surface area contributed by atoms with E-state index in [9.17, 15) is 9.59 Å². The average molecular weight is 315 g/mol. The average Bonchev–Trinajstić information content (AvgIpc) is 2.93. The van der Waals surface area contributed by atoms with Crippen LogP contribution in [-0.4, -0.2) is 27.4 Å². The zero-order chi connectivity index (χ0) is 15.9. The van der Waals surface area contributed by atoms with Crippen LogP contribution in [0.4, 0.5) is 4.79 Å². The fourth-order valence-corrected chi connectivity index (χ4v) is 3.44. The van der Waals surface area contributed by atoms with Crippen molar-refractivity contribution in [2.24, 2.45) is 0 Å². The fraction of sp³-hybridized carbons (Fsp3) is 0.312. The van der Waals surface area contributed by atoms with Gasteiger partial charge in [0.25, 0.3) is 5.91 Å². The van der Waals surface area contributed by atoms with Gasteiger partial charge in [0.05, 0.1) is 12.2 Å². The Morgan fingerprint density at radius 2 is 1.91 bits per heavy atom. The first-order valence-corrected chi connectivity index (χ1v) is 7.86. The van der Waals surface area contributed by atoms with Crippen LogP contribution in [0.3, 0.4) is 0 Å². The summed E-state index contributed by atoms with van der Waals surface area (Å²) in [6, 6.07) is 9.54. The molecule has 0 atom stereocenters. The van der Waals surface area contributed by atoms with Gasteiger partial charge in [-0.25, -0.2) is 9.78 Å². The van der Waals surface area contributed by atoms with E-state index in [1.54, 1.807) is 13.8 Å². The monoisotopic (exact) mass is 315 g/mol. The molecular weight excluding hydrogens is 298 g/mol. The van der Waals surface area contributed by atoms with Gasteiger partial charge in [-0.3, -0.25) is 9.69 Å². The summed E-state index contributed by atoms with van der Waals surface area (Å²) in [5.41, 5.74) is 1.06. The van der Waals surface area contributed by atoms with Gasteiger partial charge in [-0.2, -0.15) is 0 Å². The molecule has 22 heavy (non-hydrogen) atoms. The highest BCUT2D eigenvalue weighted by Crippen LogP contribution is 2.30. The van der Waals surface area contributed by atoms with Gasteiger partial charge < -0.3 is 5.32 Å². The van der Waals surface area contributed by atoms with Crippen molar-refractivity contribution in [2.45, 2.75) is 32.9 Å². The topological polar surface area (TPSA) is 62.3 Å². The van der Waals surface area contributed by atoms with E-state index < -0.39 is 5.54 Å². The van der Waals surface area contributed by atoms with Gasteiger partial charge >= 0.3 is 6.03 Å². The highest BCUT2D eigenvalue weighted by molar-refractivity contribution is 7.15. The van der Waals surface area contributed by atoms with Crippen molar-refractivity contribution < 1.29 is 9.59 Å². The molecule has 0 unspecified atom stereocenters. The van der Waals surface area contributed by atoms with E-state index in [0.717, 1.165) is 21.1 Å². The van der Waals surface area contributed by atoms with Crippen LogP contribution < -0.4 is 5.32 Å². The van der Waals surface area contributed by atoms with Crippen LogP contribution in [0.5, 0.6) is 0 Å². The van der Waals surface area contributed by atoms with E-state index in [1.807, 2.05) is 37.3 Å². The molecule has 5 nitrogen and oxygen atoms in total. The second-order valence-electron chi connectivity index (χ2n) is 5.84. The molecule has 0 saturated carbocycles. The minimum atomic E-state index is -0.835. The number of nitrogens with zero attached hydrogens (tertiary/aromatic N) is 2. The van der Waals surface area contributed by atoms with Crippen molar-refractivity contribution in [3.05, 3.63) is 40.9 Å². The lowest BCUT2D eigenvalue weighted by Gasteiger charge is -2.15. The number of carbonyl (C=O) groups excluding carboxylic acids is 2. The van der Waals surface area contributed by atoms with Crippen molar-refractivity contribution in [3.8, 4) is 10.6 Å². The molecule has 1 aliphatic rings. The largest absolute Gasteiger partial charge is 0.325 e. The third-order valence-electron chi connectivity index (χ3n) is 3.66. The molecule has 1 saturated heterocycles. The number of aryl methyl sites for hydroxylation is 1. The van der Waals surface area contributed by atoms with Crippen LogP contribution in [-0.2, 0) is 11.3 Å². The normalized spacial score (nSPS) is 17.0. The van der Waals surface area contributed by atoms with Crippen LogP contribution in [0.1, 0.15) is 24.4 Å². The van der Waals surface area contributed by atoms with Gasteiger partial charge in [-0.1, -0.05) is 30.3 Å². The molecule has 1 aliphatic heterocycles. The molecule has 1 aromatic heterocycles. The van der Waals surface area contributed by atoms with Gasteiger partial charge in [0.15, 0.2) is 0 Å². The summed E-state index contributed by atoms with van der Waals surface area (Å²) in [5.74, 6) is -0.202. The SMILES string of the molecule is Cc1nc(-c2ccccc2)sc1CN1C(=O)NC(C)(C)C1=O. The second kappa shape index (κ2) is 5.21. The summed E-state index contributed by atoms with van der Waals surface area (Å²) in [6.45, 7) is 5.59. The Bertz CT molecular complexity index is 737. The van der Waals surface area contributed by atoms with Crippen molar-refractivity contribution in [3.63, 3.8) is 0 Å². The predicted molar refractivity (Wildman–Crippen MR) is 85.4 cm³/mol. The summed E-state index contributed by atoms with van der Waals surface area (Å²) in [7, 11) is 0. The second-order valence-corrected chi connectivity index (χ2v) is 6.92. The van der Waals surface area contributed by atoms with E-state index in [1.165, 1.54) is 16.2 Å². The number of thiazole rings is 1. The highest BCUT2D eigenvalue weighted by Gasteiger charge is 2.44. The Balaban J connectivity index is 1.87. The lowest BCUT2D eigenvalue weighted by atomic mass is 10.1. The summed E-state index contributed by atoms with van der Waals surface area (Å²) < 4.78 is 0. The zero-order valence-corrected chi connectivity index (χ0v) is 13.5. The van der Waals surface area contributed by atoms with Crippen LogP contribution >= 0.6 is 11.3 Å². The number of nitrogens with one attached hydrogen (secondary N) is 1. The molecule has 0 radical (unpaired) electrons. The molecule has 114 valence electrons. The molecule has 2 aromatic rings. The predicted octanol–water partition coefficient (Wildman–Crippen LogP) is 2.95. The standard InChI is InChI=1S/C16H17N3O2S/c1-10-12(9-19-14(20)16(2,3)18-15(19)21)22-13(17-10)11-7-5-4-6-8-11/h4-8H,9H2,1-3H3,(H,18,21). The number of hydrogen-bond acceptors (Lipinski definition) is 4. The van der Waals surface area contributed by atoms with Gasteiger partial charge in [0.2, 0.25) is 0 Å². The number of carbonyl (C=O) groups is 2. The number of rotatable bonds is 3. The Hall–Kier alpha value is -2.21. The van der Waals surface area contributed by atoms with Crippen molar-refractivity contribution >= 4 is 23.3 Å². The fourth-order valence-electron chi connectivity index (χ4n) is 2.38. The first-order valence-electron chi connectivity index (χ1n) is 7.04. The highest BCUT2D eigenvalue weighted by atomic mass is 32.1. The molecule has 3 amide bonds. The number of benzene rings is 1. The number of amides is 3. The molecule has 3 rings (SSSR count). The molecule has 1 fully saturated rings. The maximum absolute atomic E-state index is 12.3. The summed E-state index contributed by atoms with van der Waals surface area (Å²) in [5, 5.41) is 3.60. The van der Waals surface area contributed by atoms with Crippen LogP contribution in [0, 0.1) is 6.92 Å². The van der Waals surface area contributed by atoms with E-state index in [4.69, 9.17) is 0 Å². The van der Waals surface area contributed by atoms with E-state index in [2.05, 4.69) is 10.3 Å². The van der Waals surface area contributed by atoms with E-state index in [-0.39, 0.29) is 18.5 Å². The molecule has 0 aliphatic carbocycles. The van der Waals surface area contributed by atoms with Crippen molar-refractivity contribution in [2.75, 3.05) is 0 Å². The number of aromatic nitrogens is 1. The molecule has 0 spiro atoms. The van der Waals surface area contributed by atoms with Gasteiger partial charge in [0, 0.05) is 10.4 Å². The number of urea groups is 1. The molecule has 2 heterocycles. The molecule has 1 aromatic carbocycles. The summed E-state index contributed by atoms with van der Waals surface area (Å²) in [4.78, 5) is 31.0. The molecule has 6 heteroatoms. The number of hydrogen-bond donors (Lipinski definition) is 1. The zero-order valence-electron chi connectivity index (χ0n) is 12.7. The van der Waals surface area contributed by atoms with Crippen LogP contribution in [0.2, 0.25) is 0 Å². The van der Waals surface area contributed by atoms with Crippen LogP contribution in [0.15, 0.2) is 30.3 Å². The first-order chi connectivity index (χ1) is 10.4. The summed E-state index contributed by atoms with van der Waals surface area (Å²) >= 11 is 1.52. The summed E-state index contributed by atoms with van der Waals surface area (Å²) in [6.07, 6.45) is 0. The minimum absolute atomic E-state index is 0.202.